The van der Waals surface area contributed by atoms with Gasteiger partial charge in [0.25, 0.3) is 0 Å². The number of halogens is 1. The fraction of sp³-hybridized carbons (Fsp3) is 0.214. The highest BCUT2D eigenvalue weighted by molar-refractivity contribution is 5.62. The van der Waals surface area contributed by atoms with E-state index in [4.69, 9.17) is 10.5 Å². The molecule has 0 amide bonds. The minimum absolute atomic E-state index is 0.237. The summed E-state index contributed by atoms with van der Waals surface area (Å²) >= 11 is 0. The van der Waals surface area contributed by atoms with Crippen molar-refractivity contribution in [1.29, 1.82) is 0 Å². The van der Waals surface area contributed by atoms with Gasteiger partial charge in [0.05, 0.1) is 13.3 Å². The molecular formula is C14H16FN3O. The third-order valence-electron chi connectivity index (χ3n) is 2.91. The Morgan fingerprint density at radius 1 is 1.32 bits per heavy atom. The van der Waals surface area contributed by atoms with Crippen LogP contribution in [0.3, 0.4) is 0 Å². The van der Waals surface area contributed by atoms with E-state index in [1.165, 1.54) is 12.3 Å². The highest BCUT2D eigenvalue weighted by Crippen LogP contribution is 2.26. The Balaban J connectivity index is 2.34. The molecule has 100 valence electrons. The maximum Gasteiger partial charge on any atom is 0.141 e. The summed E-state index contributed by atoms with van der Waals surface area (Å²) in [5, 5.41) is 0. The summed E-state index contributed by atoms with van der Waals surface area (Å²) in [4.78, 5) is 5.97. The van der Waals surface area contributed by atoms with Gasteiger partial charge in [0.2, 0.25) is 0 Å². The van der Waals surface area contributed by atoms with E-state index in [-0.39, 0.29) is 12.4 Å². The molecule has 0 spiro atoms. The van der Waals surface area contributed by atoms with Gasteiger partial charge < -0.3 is 15.4 Å². The Kier molecular flexibility index (Phi) is 3.97. The summed E-state index contributed by atoms with van der Waals surface area (Å²) in [6.45, 7) is 0.237. The lowest BCUT2D eigenvalue weighted by Crippen LogP contribution is -2.15. The molecule has 1 heterocycles. The number of nitrogens with zero attached hydrogens (tertiary/aromatic N) is 2. The van der Waals surface area contributed by atoms with Gasteiger partial charge in [0, 0.05) is 24.8 Å². The minimum Gasteiger partial charge on any atom is -0.497 e. The summed E-state index contributed by atoms with van der Waals surface area (Å²) in [6, 6.07) is 8.94. The molecule has 0 aliphatic heterocycles. The monoisotopic (exact) mass is 261 g/mol. The Morgan fingerprint density at radius 2 is 2.00 bits per heavy atom. The molecule has 0 bridgehead atoms. The summed E-state index contributed by atoms with van der Waals surface area (Å²) in [5.41, 5.74) is 7.22. The number of hydrogen-bond donors (Lipinski definition) is 1. The molecule has 0 saturated heterocycles. The Morgan fingerprint density at radius 3 is 2.58 bits per heavy atom. The van der Waals surface area contributed by atoms with Crippen LogP contribution in [0.25, 0.3) is 0 Å². The predicted molar refractivity (Wildman–Crippen MR) is 73.1 cm³/mol. The molecule has 5 heteroatoms. The first-order valence-electron chi connectivity index (χ1n) is 5.88. The van der Waals surface area contributed by atoms with E-state index >= 15 is 0 Å². The second-order valence-corrected chi connectivity index (χ2v) is 4.10. The van der Waals surface area contributed by atoms with Crippen LogP contribution in [0.4, 0.5) is 15.9 Å². The average Bonchev–Trinajstić information content (AvgIpc) is 2.46. The highest BCUT2D eigenvalue weighted by Gasteiger charge is 2.11. The number of pyridine rings is 1. The van der Waals surface area contributed by atoms with E-state index in [0.29, 0.717) is 11.4 Å². The molecule has 0 radical (unpaired) electrons. The summed E-state index contributed by atoms with van der Waals surface area (Å²) in [5.74, 6) is 1.05. The molecule has 0 atom stereocenters. The SMILES string of the molecule is COc1ccc(N(C)c2ncc(F)cc2CN)cc1. The first-order valence-corrected chi connectivity index (χ1v) is 5.88. The van der Waals surface area contributed by atoms with Gasteiger partial charge in [-0.2, -0.15) is 0 Å². The highest BCUT2D eigenvalue weighted by atomic mass is 19.1. The third-order valence-corrected chi connectivity index (χ3v) is 2.91. The molecule has 1 aromatic heterocycles. The van der Waals surface area contributed by atoms with Crippen LogP contribution in [0, 0.1) is 5.82 Å². The largest absolute Gasteiger partial charge is 0.497 e. The van der Waals surface area contributed by atoms with E-state index in [0.717, 1.165) is 11.4 Å². The fourth-order valence-electron chi connectivity index (χ4n) is 1.85. The molecule has 19 heavy (non-hydrogen) atoms. The smallest absolute Gasteiger partial charge is 0.141 e. The number of methoxy groups -OCH3 is 1. The van der Waals surface area contributed by atoms with Gasteiger partial charge in [-0.25, -0.2) is 9.37 Å². The minimum atomic E-state index is -0.382. The zero-order valence-corrected chi connectivity index (χ0v) is 10.9. The van der Waals surface area contributed by atoms with Crippen molar-refractivity contribution >= 4 is 11.5 Å². The Bertz CT molecular complexity index is 557. The maximum absolute atomic E-state index is 13.1. The predicted octanol–water partition coefficient (Wildman–Crippen LogP) is 2.46. The van der Waals surface area contributed by atoms with Gasteiger partial charge in [0.1, 0.15) is 17.4 Å². The second kappa shape index (κ2) is 5.67. The second-order valence-electron chi connectivity index (χ2n) is 4.10. The normalized spacial score (nSPS) is 10.3. The molecule has 0 aliphatic rings. The summed E-state index contributed by atoms with van der Waals surface area (Å²) in [6.07, 6.45) is 1.19. The number of benzene rings is 1. The third kappa shape index (κ3) is 2.82. The molecule has 0 fully saturated rings. The van der Waals surface area contributed by atoms with Crippen molar-refractivity contribution in [1.82, 2.24) is 4.98 Å². The number of hydrogen-bond acceptors (Lipinski definition) is 4. The number of anilines is 2. The van der Waals surface area contributed by atoms with E-state index in [1.54, 1.807) is 7.11 Å². The molecule has 2 rings (SSSR count). The van der Waals surface area contributed by atoms with E-state index < -0.39 is 0 Å². The van der Waals surface area contributed by atoms with E-state index in [9.17, 15) is 4.39 Å². The van der Waals surface area contributed by atoms with E-state index in [1.807, 2.05) is 36.2 Å². The topological polar surface area (TPSA) is 51.4 Å². The first kappa shape index (κ1) is 13.3. The van der Waals surface area contributed by atoms with Gasteiger partial charge in [-0.3, -0.25) is 0 Å². The molecule has 4 nitrogen and oxygen atoms in total. The lowest BCUT2D eigenvalue weighted by atomic mass is 10.2. The maximum atomic E-state index is 13.1. The van der Waals surface area contributed by atoms with Crippen LogP contribution in [0.2, 0.25) is 0 Å². The summed E-state index contributed by atoms with van der Waals surface area (Å²) in [7, 11) is 3.48. The zero-order chi connectivity index (χ0) is 13.8. The van der Waals surface area contributed by atoms with E-state index in [2.05, 4.69) is 4.98 Å². The number of nitrogens with two attached hydrogens (primary N) is 1. The average molecular weight is 261 g/mol. The summed E-state index contributed by atoms with van der Waals surface area (Å²) < 4.78 is 18.3. The van der Waals surface area contributed by atoms with Gasteiger partial charge in [-0.05, 0) is 30.3 Å². The van der Waals surface area contributed by atoms with Crippen molar-refractivity contribution in [2.45, 2.75) is 6.54 Å². The van der Waals surface area contributed by atoms with Crippen molar-refractivity contribution in [3.8, 4) is 5.75 Å². The van der Waals surface area contributed by atoms with Gasteiger partial charge in [0.15, 0.2) is 0 Å². The van der Waals surface area contributed by atoms with Crippen molar-refractivity contribution in [3.63, 3.8) is 0 Å². The molecule has 2 N–H and O–H groups in total. The number of ether oxygens (including phenoxy) is 1. The van der Waals surface area contributed by atoms with Crippen LogP contribution in [-0.4, -0.2) is 19.1 Å². The lowest BCUT2D eigenvalue weighted by Gasteiger charge is -2.21. The zero-order valence-electron chi connectivity index (χ0n) is 10.9. The number of rotatable bonds is 4. The van der Waals surface area contributed by atoms with Crippen LogP contribution in [0.15, 0.2) is 36.5 Å². The Hall–Kier alpha value is -2.14. The fourth-order valence-corrected chi connectivity index (χ4v) is 1.85. The number of aromatic nitrogens is 1. The van der Waals surface area contributed by atoms with Gasteiger partial charge >= 0.3 is 0 Å². The first-order chi connectivity index (χ1) is 9.15. The molecular weight excluding hydrogens is 245 g/mol. The van der Waals surface area contributed by atoms with Crippen molar-refractivity contribution in [2.24, 2.45) is 5.73 Å². The van der Waals surface area contributed by atoms with Crippen LogP contribution < -0.4 is 15.4 Å². The van der Waals surface area contributed by atoms with Crippen molar-refractivity contribution < 1.29 is 9.13 Å². The molecule has 2 aromatic rings. The van der Waals surface area contributed by atoms with Gasteiger partial charge in [-0.15, -0.1) is 0 Å². The molecule has 0 saturated carbocycles. The standard InChI is InChI=1S/C14H16FN3O/c1-18(12-3-5-13(19-2)6-4-12)14-10(8-16)7-11(15)9-17-14/h3-7,9H,8,16H2,1-2H3. The quantitative estimate of drug-likeness (QED) is 0.918. The molecule has 1 aromatic carbocycles. The van der Waals surface area contributed by atoms with Crippen molar-refractivity contribution in [2.75, 3.05) is 19.1 Å². The molecule has 0 unspecified atom stereocenters. The van der Waals surface area contributed by atoms with Gasteiger partial charge in [-0.1, -0.05) is 0 Å². The molecule has 0 aliphatic carbocycles. The van der Waals surface area contributed by atoms with Crippen LogP contribution >= 0.6 is 0 Å². The van der Waals surface area contributed by atoms with Crippen LogP contribution in [-0.2, 0) is 6.54 Å². The Labute approximate surface area is 111 Å². The van der Waals surface area contributed by atoms with Crippen LogP contribution in [0.1, 0.15) is 5.56 Å². The van der Waals surface area contributed by atoms with Crippen molar-refractivity contribution in [3.05, 3.63) is 47.9 Å². The lowest BCUT2D eigenvalue weighted by molar-refractivity contribution is 0.415. The van der Waals surface area contributed by atoms with Crippen LogP contribution in [0.5, 0.6) is 5.75 Å².